The summed E-state index contributed by atoms with van der Waals surface area (Å²) in [6.07, 6.45) is 3.70. The summed E-state index contributed by atoms with van der Waals surface area (Å²) < 4.78 is 2.61. The van der Waals surface area contributed by atoms with Crippen LogP contribution in [-0.2, 0) is 5.41 Å². The zero-order valence-corrected chi connectivity index (χ0v) is 34.3. The minimum Gasteiger partial charge on any atom is -0.264 e. The number of aromatic nitrogens is 3. The molecule has 4 heteroatoms. The van der Waals surface area contributed by atoms with Crippen molar-refractivity contribution in [1.29, 1.82) is 0 Å². The fourth-order valence-corrected chi connectivity index (χ4v) is 11.4. The average Bonchev–Trinajstić information content (AvgIpc) is 3.82. The minimum absolute atomic E-state index is 0.627. The van der Waals surface area contributed by atoms with Gasteiger partial charge in [0.15, 0.2) is 5.82 Å². The molecule has 3 nitrogen and oxygen atoms in total. The normalized spacial score (nSPS) is 14.5. The second-order valence-corrected chi connectivity index (χ2v) is 17.4. The molecule has 0 bridgehead atoms. The Morgan fingerprint density at radius 3 is 1.66 bits per heavy atom. The van der Waals surface area contributed by atoms with Gasteiger partial charge in [0.05, 0.1) is 16.8 Å². The Morgan fingerprint density at radius 2 is 0.919 bits per heavy atom. The van der Waals surface area contributed by atoms with E-state index in [0.717, 1.165) is 39.2 Å². The predicted octanol–water partition coefficient (Wildman–Crippen LogP) is 14.9. The van der Waals surface area contributed by atoms with Crippen LogP contribution in [0.5, 0.6) is 0 Å². The van der Waals surface area contributed by atoms with Crippen molar-refractivity contribution in [1.82, 2.24) is 15.0 Å². The lowest BCUT2D eigenvalue weighted by molar-refractivity contribution is 0.777. The monoisotopic (exact) mass is 805 g/mol. The zero-order valence-electron chi connectivity index (χ0n) is 33.5. The molecule has 2 aliphatic rings. The summed E-state index contributed by atoms with van der Waals surface area (Å²) in [5.74, 6) is 0.683. The van der Waals surface area contributed by atoms with Gasteiger partial charge in [-0.2, -0.15) is 0 Å². The topological polar surface area (TPSA) is 38.7 Å². The molecule has 3 aromatic heterocycles. The quantitative estimate of drug-likeness (QED) is 0.178. The van der Waals surface area contributed by atoms with E-state index < -0.39 is 5.41 Å². The molecule has 3 heterocycles. The number of thiophene rings is 1. The van der Waals surface area contributed by atoms with Crippen LogP contribution < -0.4 is 0 Å². The summed E-state index contributed by atoms with van der Waals surface area (Å²) in [6, 6.07) is 73.2. The third-order valence-corrected chi connectivity index (χ3v) is 14.2. The molecule has 8 aromatic carbocycles. The maximum Gasteiger partial charge on any atom is 0.160 e. The van der Waals surface area contributed by atoms with E-state index in [1.807, 2.05) is 23.6 Å². The lowest BCUT2D eigenvalue weighted by Gasteiger charge is -2.35. The Morgan fingerprint density at radius 1 is 0.339 bits per heavy atom. The van der Waals surface area contributed by atoms with Gasteiger partial charge < -0.3 is 0 Å². The molecule has 11 aromatic rings. The molecule has 13 rings (SSSR count). The van der Waals surface area contributed by atoms with Crippen molar-refractivity contribution in [3.05, 3.63) is 235 Å². The van der Waals surface area contributed by atoms with Crippen molar-refractivity contribution in [2.24, 2.45) is 0 Å². The highest BCUT2D eigenvalue weighted by atomic mass is 32.1. The first-order valence-corrected chi connectivity index (χ1v) is 21.9. The van der Waals surface area contributed by atoms with Gasteiger partial charge in [-0.05, 0) is 103 Å². The van der Waals surface area contributed by atoms with Crippen LogP contribution in [0.25, 0.3) is 98.6 Å². The number of hydrogen-bond donors (Lipinski definition) is 0. The van der Waals surface area contributed by atoms with Crippen LogP contribution in [0.2, 0.25) is 0 Å². The highest BCUT2D eigenvalue weighted by Crippen LogP contribution is 2.62. The van der Waals surface area contributed by atoms with E-state index in [-0.39, 0.29) is 0 Å². The number of rotatable bonds is 4. The van der Waals surface area contributed by atoms with Gasteiger partial charge in [-0.3, -0.25) is 4.98 Å². The molecule has 0 saturated heterocycles. The molecule has 0 radical (unpaired) electrons. The SMILES string of the molecule is c1ccc(-c2cc(-c3ccc4c(c3)C3(c5ccccc5-c5ccccc5-4)c4ccccc4-c4cc5c(cc43)sc3ccccc35)nc(-c3ccc(-c4cccnc4)cc3)n2)cc1. The van der Waals surface area contributed by atoms with E-state index in [1.165, 1.54) is 75.8 Å². The number of fused-ring (bicyclic) bond motifs is 15. The second-order valence-electron chi connectivity index (χ2n) is 16.3. The largest absolute Gasteiger partial charge is 0.264 e. The molecule has 288 valence electrons. The Labute approximate surface area is 363 Å². The Kier molecular flexibility index (Phi) is 7.69. The summed E-state index contributed by atoms with van der Waals surface area (Å²) in [5, 5.41) is 2.62. The molecule has 1 spiro atoms. The first-order chi connectivity index (χ1) is 30.7. The maximum absolute atomic E-state index is 5.41. The van der Waals surface area contributed by atoms with Crippen LogP contribution in [0.1, 0.15) is 22.3 Å². The van der Waals surface area contributed by atoms with E-state index >= 15 is 0 Å². The first kappa shape index (κ1) is 35.0. The van der Waals surface area contributed by atoms with E-state index in [1.54, 1.807) is 6.20 Å². The molecule has 0 fully saturated rings. The van der Waals surface area contributed by atoms with Crippen LogP contribution in [0, 0.1) is 0 Å². The zero-order chi connectivity index (χ0) is 40.8. The third-order valence-electron chi connectivity index (χ3n) is 13.0. The molecule has 62 heavy (non-hydrogen) atoms. The van der Waals surface area contributed by atoms with Gasteiger partial charge in [0.1, 0.15) is 0 Å². The summed E-state index contributed by atoms with van der Waals surface area (Å²) in [5.41, 5.74) is 19.0. The molecule has 1 atom stereocenters. The standard InChI is InChI=1S/C58H35N3S/c1-2-13-37(14-3-1)53-34-54(61-57(60-53)38-26-24-36(25-27-38)40-15-12-30-59-35-40)39-28-29-45-42-17-5-4-16-41(42)43-18-6-9-21-49(43)58(51(45)31-39)50-22-10-7-19-44(50)47-32-48-46-20-8-11-23-55(46)62-56(48)33-52(47)58/h1-35H. The van der Waals surface area contributed by atoms with E-state index in [0.29, 0.717) is 5.82 Å². The van der Waals surface area contributed by atoms with Crippen molar-refractivity contribution < 1.29 is 0 Å². The van der Waals surface area contributed by atoms with Crippen LogP contribution in [0.3, 0.4) is 0 Å². The first-order valence-electron chi connectivity index (χ1n) is 21.1. The van der Waals surface area contributed by atoms with Crippen LogP contribution in [0.15, 0.2) is 213 Å². The number of benzene rings is 8. The summed E-state index contributed by atoms with van der Waals surface area (Å²) >= 11 is 1.89. The molecule has 0 saturated carbocycles. The average molecular weight is 806 g/mol. The molecule has 1 unspecified atom stereocenters. The number of nitrogens with zero attached hydrogens (tertiary/aromatic N) is 3. The molecule has 0 N–H and O–H groups in total. The predicted molar refractivity (Wildman–Crippen MR) is 256 cm³/mol. The molecule has 2 aliphatic carbocycles. The number of pyridine rings is 1. The molecule has 0 amide bonds. The van der Waals surface area contributed by atoms with Crippen molar-refractivity contribution in [2.45, 2.75) is 5.41 Å². The maximum atomic E-state index is 5.41. The summed E-state index contributed by atoms with van der Waals surface area (Å²) in [6.45, 7) is 0. The Balaban J connectivity index is 1.10. The lowest BCUT2D eigenvalue weighted by atomic mass is 9.65. The highest BCUT2D eigenvalue weighted by Gasteiger charge is 2.50. The smallest absolute Gasteiger partial charge is 0.160 e. The van der Waals surface area contributed by atoms with Gasteiger partial charge in [-0.15, -0.1) is 11.3 Å². The van der Waals surface area contributed by atoms with Gasteiger partial charge in [0.25, 0.3) is 0 Å². The van der Waals surface area contributed by atoms with Crippen molar-refractivity contribution in [3.63, 3.8) is 0 Å². The van der Waals surface area contributed by atoms with E-state index in [9.17, 15) is 0 Å². The molecular formula is C58H35N3S. The van der Waals surface area contributed by atoms with Gasteiger partial charge in [0.2, 0.25) is 0 Å². The van der Waals surface area contributed by atoms with E-state index in [4.69, 9.17) is 9.97 Å². The summed E-state index contributed by atoms with van der Waals surface area (Å²) in [4.78, 5) is 15.0. The van der Waals surface area contributed by atoms with Crippen LogP contribution >= 0.6 is 11.3 Å². The van der Waals surface area contributed by atoms with Crippen molar-refractivity contribution in [2.75, 3.05) is 0 Å². The minimum atomic E-state index is -0.627. The van der Waals surface area contributed by atoms with Gasteiger partial charge in [-0.1, -0.05) is 164 Å². The van der Waals surface area contributed by atoms with Gasteiger partial charge in [0, 0.05) is 49.3 Å². The van der Waals surface area contributed by atoms with Crippen LogP contribution in [-0.4, -0.2) is 15.0 Å². The van der Waals surface area contributed by atoms with E-state index in [2.05, 4.69) is 199 Å². The third kappa shape index (κ3) is 5.14. The lowest BCUT2D eigenvalue weighted by Crippen LogP contribution is -2.29. The molecule has 0 aliphatic heterocycles. The van der Waals surface area contributed by atoms with Gasteiger partial charge >= 0.3 is 0 Å². The van der Waals surface area contributed by atoms with Crippen molar-refractivity contribution >= 4 is 31.5 Å². The van der Waals surface area contributed by atoms with Crippen molar-refractivity contribution in [3.8, 4) is 78.4 Å². The fraction of sp³-hybridized carbons (Fsp3) is 0.0172. The summed E-state index contributed by atoms with van der Waals surface area (Å²) in [7, 11) is 0. The Hall–Kier alpha value is -7.79. The number of hydrogen-bond acceptors (Lipinski definition) is 4. The second kappa shape index (κ2) is 13.6. The Bertz CT molecular complexity index is 3570. The molecular weight excluding hydrogens is 771 g/mol. The fourth-order valence-electron chi connectivity index (χ4n) is 10.3. The van der Waals surface area contributed by atoms with Gasteiger partial charge in [-0.25, -0.2) is 9.97 Å². The highest BCUT2D eigenvalue weighted by molar-refractivity contribution is 7.25. The van der Waals surface area contributed by atoms with Crippen LogP contribution in [0.4, 0.5) is 0 Å².